The predicted molar refractivity (Wildman–Crippen MR) is 71.2 cm³/mol. The lowest BCUT2D eigenvalue weighted by atomic mass is 10.2. The van der Waals surface area contributed by atoms with Crippen molar-refractivity contribution in [1.29, 1.82) is 0 Å². The highest BCUT2D eigenvalue weighted by Crippen LogP contribution is 2.13. The minimum absolute atomic E-state index is 0.168. The molecule has 0 saturated carbocycles. The summed E-state index contributed by atoms with van der Waals surface area (Å²) in [4.78, 5) is 22.7. The molecule has 0 unspecified atom stereocenters. The first-order chi connectivity index (χ1) is 8.97. The fourth-order valence-electron chi connectivity index (χ4n) is 1.71. The molecule has 1 heterocycles. The highest BCUT2D eigenvalue weighted by molar-refractivity contribution is 6.04. The van der Waals surface area contributed by atoms with Crippen LogP contribution in [0, 0.1) is 0 Å². The minimum Gasteiger partial charge on any atom is -0.478 e. The van der Waals surface area contributed by atoms with E-state index in [4.69, 9.17) is 10.8 Å². The number of nitrogens with one attached hydrogen (secondary N) is 1. The highest BCUT2D eigenvalue weighted by atomic mass is 16.4. The summed E-state index contributed by atoms with van der Waals surface area (Å²) in [6.45, 7) is 0. The van der Waals surface area contributed by atoms with Crippen molar-refractivity contribution in [2.24, 2.45) is 7.05 Å². The number of nitrogens with zero attached hydrogens (tertiary/aromatic N) is 1. The summed E-state index contributed by atoms with van der Waals surface area (Å²) in [5, 5.41) is 11.4. The van der Waals surface area contributed by atoms with Crippen LogP contribution in [0.4, 0.5) is 11.4 Å². The molecule has 1 aromatic carbocycles. The van der Waals surface area contributed by atoms with E-state index in [2.05, 4.69) is 5.32 Å². The van der Waals surface area contributed by atoms with E-state index in [1.807, 2.05) is 0 Å². The second-order valence-corrected chi connectivity index (χ2v) is 4.11. The van der Waals surface area contributed by atoms with E-state index in [0.29, 0.717) is 17.1 Å². The molecule has 0 aliphatic carbocycles. The summed E-state index contributed by atoms with van der Waals surface area (Å²) in [6, 6.07) is 7.50. The Hall–Kier alpha value is -2.76. The molecule has 0 atom stereocenters. The number of anilines is 2. The summed E-state index contributed by atoms with van der Waals surface area (Å²) in [6.07, 6.45) is 1.64. The van der Waals surface area contributed by atoms with Gasteiger partial charge in [-0.25, -0.2) is 4.79 Å². The van der Waals surface area contributed by atoms with Gasteiger partial charge in [-0.15, -0.1) is 0 Å². The lowest BCUT2D eigenvalue weighted by Gasteiger charge is -2.06. The maximum absolute atomic E-state index is 12.0. The second kappa shape index (κ2) is 4.85. The number of carboxylic acids is 1. The number of carbonyl (C=O) groups is 2. The summed E-state index contributed by atoms with van der Waals surface area (Å²) < 4.78 is 1.62. The van der Waals surface area contributed by atoms with Gasteiger partial charge < -0.3 is 20.7 Å². The first kappa shape index (κ1) is 12.7. The van der Waals surface area contributed by atoms with E-state index in [0.717, 1.165) is 0 Å². The lowest BCUT2D eigenvalue weighted by Crippen LogP contribution is -2.15. The van der Waals surface area contributed by atoms with E-state index >= 15 is 0 Å². The SMILES string of the molecule is Cn1cc(N)cc1C(=O)Nc1ccc(C(=O)O)cc1. The molecule has 6 nitrogen and oxygen atoms in total. The molecule has 1 amide bonds. The molecule has 2 rings (SSSR count). The molecule has 2 aromatic rings. The Labute approximate surface area is 109 Å². The van der Waals surface area contributed by atoms with Crippen LogP contribution in [0.15, 0.2) is 36.5 Å². The molecule has 0 aliphatic heterocycles. The molecule has 0 bridgehead atoms. The van der Waals surface area contributed by atoms with Crippen LogP contribution in [0.3, 0.4) is 0 Å². The van der Waals surface area contributed by atoms with E-state index in [1.165, 1.54) is 24.3 Å². The number of hydrogen-bond acceptors (Lipinski definition) is 3. The quantitative estimate of drug-likeness (QED) is 0.779. The molecular weight excluding hydrogens is 246 g/mol. The third-order valence-corrected chi connectivity index (χ3v) is 2.65. The number of amides is 1. The molecule has 98 valence electrons. The summed E-state index contributed by atoms with van der Waals surface area (Å²) in [5.74, 6) is -1.31. The van der Waals surface area contributed by atoms with Gasteiger partial charge in [0.1, 0.15) is 5.69 Å². The van der Waals surface area contributed by atoms with Crippen molar-refractivity contribution in [3.63, 3.8) is 0 Å². The van der Waals surface area contributed by atoms with Gasteiger partial charge in [0.25, 0.3) is 5.91 Å². The average Bonchev–Trinajstić information content (AvgIpc) is 2.69. The Balaban J connectivity index is 2.15. The van der Waals surface area contributed by atoms with Crippen molar-refractivity contribution in [2.75, 3.05) is 11.1 Å². The summed E-state index contributed by atoms with van der Waals surface area (Å²) >= 11 is 0. The van der Waals surface area contributed by atoms with Crippen LogP contribution in [0.2, 0.25) is 0 Å². The van der Waals surface area contributed by atoms with Gasteiger partial charge in [0, 0.05) is 18.9 Å². The van der Waals surface area contributed by atoms with Crippen molar-refractivity contribution in [1.82, 2.24) is 4.57 Å². The number of aromatic nitrogens is 1. The molecule has 19 heavy (non-hydrogen) atoms. The lowest BCUT2D eigenvalue weighted by molar-refractivity contribution is 0.0696. The standard InChI is InChI=1S/C13H13N3O3/c1-16-7-9(14)6-11(16)12(17)15-10-4-2-8(3-5-10)13(18)19/h2-7H,14H2,1H3,(H,15,17)(H,18,19). The first-order valence-corrected chi connectivity index (χ1v) is 5.54. The molecule has 0 spiro atoms. The number of carboxylic acid groups (broad SMARTS) is 1. The average molecular weight is 259 g/mol. The van der Waals surface area contributed by atoms with Crippen LogP contribution in [0.25, 0.3) is 0 Å². The number of aryl methyl sites for hydroxylation is 1. The third kappa shape index (κ3) is 2.74. The highest BCUT2D eigenvalue weighted by Gasteiger charge is 2.11. The van der Waals surface area contributed by atoms with Gasteiger partial charge in [-0.3, -0.25) is 4.79 Å². The number of hydrogen-bond donors (Lipinski definition) is 3. The predicted octanol–water partition coefficient (Wildman–Crippen LogP) is 1.56. The molecule has 0 radical (unpaired) electrons. The van der Waals surface area contributed by atoms with Crippen LogP contribution in [0.5, 0.6) is 0 Å². The third-order valence-electron chi connectivity index (χ3n) is 2.65. The van der Waals surface area contributed by atoms with Gasteiger partial charge in [0.15, 0.2) is 0 Å². The van der Waals surface area contributed by atoms with Crippen LogP contribution >= 0.6 is 0 Å². The van der Waals surface area contributed by atoms with Crippen LogP contribution < -0.4 is 11.1 Å². The summed E-state index contributed by atoms with van der Waals surface area (Å²) in [5.41, 5.74) is 7.23. The van der Waals surface area contributed by atoms with Gasteiger partial charge >= 0.3 is 5.97 Å². The van der Waals surface area contributed by atoms with Crippen LogP contribution in [-0.2, 0) is 7.05 Å². The maximum atomic E-state index is 12.0. The van der Waals surface area contributed by atoms with Gasteiger partial charge in [-0.1, -0.05) is 0 Å². The number of carbonyl (C=O) groups excluding carboxylic acids is 1. The Morgan fingerprint density at radius 3 is 2.37 bits per heavy atom. The smallest absolute Gasteiger partial charge is 0.335 e. The largest absolute Gasteiger partial charge is 0.478 e. The normalized spacial score (nSPS) is 10.2. The van der Waals surface area contributed by atoms with Crippen LogP contribution in [-0.4, -0.2) is 21.6 Å². The van der Waals surface area contributed by atoms with Gasteiger partial charge in [-0.2, -0.15) is 0 Å². The van der Waals surface area contributed by atoms with Gasteiger partial charge in [0.05, 0.1) is 11.3 Å². The maximum Gasteiger partial charge on any atom is 0.335 e. The zero-order chi connectivity index (χ0) is 14.0. The molecular formula is C13H13N3O3. The fourth-order valence-corrected chi connectivity index (χ4v) is 1.71. The van der Waals surface area contributed by atoms with Crippen molar-refractivity contribution in [3.05, 3.63) is 47.8 Å². The number of nitrogen functional groups attached to an aromatic ring is 1. The van der Waals surface area contributed by atoms with Crippen molar-refractivity contribution < 1.29 is 14.7 Å². The Morgan fingerprint density at radius 2 is 1.89 bits per heavy atom. The minimum atomic E-state index is -1.01. The van der Waals surface area contributed by atoms with Gasteiger partial charge in [0.2, 0.25) is 0 Å². The van der Waals surface area contributed by atoms with E-state index in [9.17, 15) is 9.59 Å². The number of aromatic carboxylic acids is 1. The summed E-state index contributed by atoms with van der Waals surface area (Å²) in [7, 11) is 1.72. The Kier molecular flexibility index (Phi) is 3.24. The fraction of sp³-hybridized carbons (Fsp3) is 0.0769. The molecule has 0 aliphatic rings. The number of rotatable bonds is 3. The first-order valence-electron chi connectivity index (χ1n) is 5.54. The van der Waals surface area contributed by atoms with E-state index in [-0.39, 0.29) is 11.5 Å². The zero-order valence-electron chi connectivity index (χ0n) is 10.3. The van der Waals surface area contributed by atoms with Crippen molar-refractivity contribution >= 4 is 23.3 Å². The van der Waals surface area contributed by atoms with E-state index < -0.39 is 5.97 Å². The molecule has 0 saturated heterocycles. The monoisotopic (exact) mass is 259 g/mol. The second-order valence-electron chi connectivity index (χ2n) is 4.11. The van der Waals surface area contributed by atoms with Crippen molar-refractivity contribution in [2.45, 2.75) is 0 Å². The number of benzene rings is 1. The molecule has 4 N–H and O–H groups in total. The zero-order valence-corrected chi connectivity index (χ0v) is 10.3. The van der Waals surface area contributed by atoms with Crippen LogP contribution in [0.1, 0.15) is 20.8 Å². The Morgan fingerprint density at radius 1 is 1.26 bits per heavy atom. The van der Waals surface area contributed by atoms with E-state index in [1.54, 1.807) is 23.9 Å². The van der Waals surface area contributed by atoms with Gasteiger partial charge in [-0.05, 0) is 30.3 Å². The van der Waals surface area contributed by atoms with Crippen molar-refractivity contribution in [3.8, 4) is 0 Å². The topological polar surface area (TPSA) is 97.4 Å². The number of nitrogens with two attached hydrogens (primary N) is 1. The Bertz CT molecular complexity index is 629. The molecule has 1 aromatic heterocycles. The molecule has 6 heteroatoms. The molecule has 0 fully saturated rings.